The van der Waals surface area contributed by atoms with Crippen LogP contribution < -0.4 is 5.32 Å². The standard InChI is InChI=1S/C19H22N4OS2/c1-5-23-18(15-9-14(4)25-10-15)21-22-19(23)26-11-16(24)20-17-12(2)7-6-8-13(17)3/h6-10H,5,11H2,1-4H3,(H,20,24). The van der Waals surface area contributed by atoms with Crippen LogP contribution in [0.5, 0.6) is 0 Å². The minimum absolute atomic E-state index is 0.0361. The van der Waals surface area contributed by atoms with Crippen molar-refractivity contribution >= 4 is 34.7 Å². The lowest BCUT2D eigenvalue weighted by Gasteiger charge is -2.11. The minimum Gasteiger partial charge on any atom is -0.325 e. The normalized spacial score (nSPS) is 10.9. The van der Waals surface area contributed by atoms with Gasteiger partial charge in [-0.05, 0) is 44.9 Å². The summed E-state index contributed by atoms with van der Waals surface area (Å²) < 4.78 is 2.05. The predicted octanol–water partition coefficient (Wildman–Crippen LogP) is 4.68. The molecule has 0 saturated carbocycles. The number of thioether (sulfide) groups is 1. The molecule has 0 bridgehead atoms. The van der Waals surface area contributed by atoms with Gasteiger partial charge in [-0.3, -0.25) is 4.79 Å². The van der Waals surface area contributed by atoms with Gasteiger partial charge in [0.05, 0.1) is 5.75 Å². The third-order valence-corrected chi connectivity index (χ3v) is 5.93. The second-order valence-electron chi connectivity index (χ2n) is 6.10. The maximum atomic E-state index is 12.4. The van der Waals surface area contributed by atoms with E-state index in [9.17, 15) is 4.79 Å². The second kappa shape index (κ2) is 8.05. The van der Waals surface area contributed by atoms with E-state index in [-0.39, 0.29) is 5.91 Å². The van der Waals surface area contributed by atoms with Gasteiger partial charge in [-0.1, -0.05) is 30.0 Å². The largest absolute Gasteiger partial charge is 0.325 e. The highest BCUT2D eigenvalue weighted by atomic mass is 32.2. The van der Waals surface area contributed by atoms with Gasteiger partial charge in [-0.15, -0.1) is 21.5 Å². The molecule has 0 unspecified atom stereocenters. The van der Waals surface area contributed by atoms with Crippen LogP contribution in [0.15, 0.2) is 34.8 Å². The molecule has 3 rings (SSSR count). The smallest absolute Gasteiger partial charge is 0.234 e. The van der Waals surface area contributed by atoms with Crippen LogP contribution in [-0.2, 0) is 11.3 Å². The first kappa shape index (κ1) is 18.7. The lowest BCUT2D eigenvalue weighted by molar-refractivity contribution is -0.113. The summed E-state index contributed by atoms with van der Waals surface area (Å²) >= 11 is 3.11. The quantitative estimate of drug-likeness (QED) is 0.625. The van der Waals surface area contributed by atoms with Gasteiger partial charge in [0.15, 0.2) is 11.0 Å². The lowest BCUT2D eigenvalue weighted by Crippen LogP contribution is -2.16. The van der Waals surface area contributed by atoms with Crippen molar-refractivity contribution in [3.8, 4) is 11.4 Å². The number of aryl methyl sites for hydroxylation is 3. The van der Waals surface area contributed by atoms with Crippen LogP contribution in [0.4, 0.5) is 5.69 Å². The van der Waals surface area contributed by atoms with E-state index >= 15 is 0 Å². The van der Waals surface area contributed by atoms with Gasteiger partial charge < -0.3 is 9.88 Å². The van der Waals surface area contributed by atoms with Crippen molar-refractivity contribution in [1.82, 2.24) is 14.8 Å². The van der Waals surface area contributed by atoms with E-state index in [4.69, 9.17) is 0 Å². The van der Waals surface area contributed by atoms with Crippen LogP contribution in [0.1, 0.15) is 22.9 Å². The van der Waals surface area contributed by atoms with E-state index in [0.29, 0.717) is 5.75 Å². The number of benzene rings is 1. The fourth-order valence-electron chi connectivity index (χ4n) is 2.77. The van der Waals surface area contributed by atoms with E-state index in [0.717, 1.165) is 39.9 Å². The first-order valence-electron chi connectivity index (χ1n) is 8.47. The molecule has 3 aromatic rings. The number of carbonyl (C=O) groups is 1. The number of nitrogens with zero attached hydrogens (tertiary/aromatic N) is 3. The topological polar surface area (TPSA) is 59.8 Å². The number of aromatic nitrogens is 3. The van der Waals surface area contributed by atoms with Crippen LogP contribution in [0, 0.1) is 20.8 Å². The minimum atomic E-state index is -0.0361. The molecule has 0 radical (unpaired) electrons. The van der Waals surface area contributed by atoms with Crippen LogP contribution in [0.2, 0.25) is 0 Å². The summed E-state index contributed by atoms with van der Waals surface area (Å²) in [5, 5.41) is 14.5. The van der Waals surface area contributed by atoms with E-state index in [1.807, 2.05) is 32.0 Å². The number of carbonyl (C=O) groups excluding carboxylic acids is 1. The predicted molar refractivity (Wildman–Crippen MR) is 109 cm³/mol. The average molecular weight is 387 g/mol. The second-order valence-corrected chi connectivity index (χ2v) is 8.16. The molecule has 136 valence electrons. The fraction of sp³-hybridized carbons (Fsp3) is 0.316. The molecule has 0 atom stereocenters. The maximum absolute atomic E-state index is 12.4. The first-order valence-corrected chi connectivity index (χ1v) is 10.3. The Morgan fingerprint density at radius 1 is 1.23 bits per heavy atom. The maximum Gasteiger partial charge on any atom is 0.234 e. The molecule has 0 aliphatic carbocycles. The van der Waals surface area contributed by atoms with Crippen molar-refractivity contribution in [2.75, 3.05) is 11.1 Å². The molecule has 7 heteroatoms. The summed E-state index contributed by atoms with van der Waals surface area (Å²) in [4.78, 5) is 13.6. The van der Waals surface area contributed by atoms with E-state index in [1.54, 1.807) is 11.3 Å². The highest BCUT2D eigenvalue weighted by molar-refractivity contribution is 7.99. The van der Waals surface area contributed by atoms with Gasteiger partial charge in [0.1, 0.15) is 0 Å². The third kappa shape index (κ3) is 3.99. The number of para-hydroxylation sites is 1. The lowest BCUT2D eigenvalue weighted by atomic mass is 10.1. The fourth-order valence-corrected chi connectivity index (χ4v) is 4.26. The van der Waals surface area contributed by atoms with Crippen molar-refractivity contribution in [2.45, 2.75) is 39.4 Å². The molecule has 1 N–H and O–H groups in total. The molecule has 0 fully saturated rings. The summed E-state index contributed by atoms with van der Waals surface area (Å²) in [5.74, 6) is 1.12. The van der Waals surface area contributed by atoms with Crippen LogP contribution >= 0.6 is 23.1 Å². The average Bonchev–Trinajstić information content (AvgIpc) is 3.21. The Hall–Kier alpha value is -2.12. The van der Waals surface area contributed by atoms with E-state index in [2.05, 4.69) is 45.4 Å². The van der Waals surface area contributed by atoms with Gasteiger partial charge in [-0.2, -0.15) is 0 Å². The zero-order valence-electron chi connectivity index (χ0n) is 15.4. The Bertz CT molecular complexity index is 909. The van der Waals surface area contributed by atoms with Crippen LogP contribution in [0.3, 0.4) is 0 Å². The number of hydrogen-bond donors (Lipinski definition) is 1. The molecular formula is C19H22N4OS2. The Balaban J connectivity index is 1.70. The zero-order chi connectivity index (χ0) is 18.7. The summed E-state index contributed by atoms with van der Waals surface area (Å²) in [6, 6.07) is 8.10. The monoisotopic (exact) mass is 386 g/mol. The first-order chi connectivity index (χ1) is 12.5. The van der Waals surface area contributed by atoms with Crippen LogP contribution in [0.25, 0.3) is 11.4 Å². The van der Waals surface area contributed by atoms with Gasteiger partial charge >= 0.3 is 0 Å². The number of nitrogens with one attached hydrogen (secondary N) is 1. The molecule has 0 aliphatic rings. The molecule has 26 heavy (non-hydrogen) atoms. The third-order valence-electron chi connectivity index (χ3n) is 4.10. The Morgan fingerprint density at radius 2 is 1.96 bits per heavy atom. The number of thiophene rings is 1. The van der Waals surface area contributed by atoms with Crippen molar-refractivity contribution in [3.05, 3.63) is 45.6 Å². The molecule has 0 saturated heterocycles. The van der Waals surface area contributed by atoms with Gasteiger partial charge in [0.25, 0.3) is 0 Å². The Kier molecular flexibility index (Phi) is 5.78. The number of amides is 1. The van der Waals surface area contributed by atoms with Crippen LogP contribution in [-0.4, -0.2) is 26.4 Å². The molecule has 2 aromatic heterocycles. The van der Waals surface area contributed by atoms with Gasteiger partial charge in [-0.25, -0.2) is 0 Å². The molecule has 1 aromatic carbocycles. The van der Waals surface area contributed by atoms with E-state index < -0.39 is 0 Å². The van der Waals surface area contributed by atoms with Crippen molar-refractivity contribution in [3.63, 3.8) is 0 Å². The number of hydrogen-bond acceptors (Lipinski definition) is 5. The molecule has 0 spiro atoms. The van der Waals surface area contributed by atoms with Gasteiger partial charge in [0.2, 0.25) is 5.91 Å². The zero-order valence-corrected chi connectivity index (χ0v) is 17.0. The van der Waals surface area contributed by atoms with Crippen molar-refractivity contribution in [2.24, 2.45) is 0 Å². The molecule has 1 amide bonds. The molecule has 0 aliphatic heterocycles. The summed E-state index contributed by atoms with van der Waals surface area (Å²) in [6.45, 7) is 8.90. The van der Waals surface area contributed by atoms with Crippen molar-refractivity contribution in [1.29, 1.82) is 0 Å². The number of rotatable bonds is 6. The summed E-state index contributed by atoms with van der Waals surface area (Å²) in [7, 11) is 0. The van der Waals surface area contributed by atoms with Crippen molar-refractivity contribution < 1.29 is 4.79 Å². The molecule has 5 nitrogen and oxygen atoms in total. The Morgan fingerprint density at radius 3 is 2.58 bits per heavy atom. The van der Waals surface area contributed by atoms with E-state index in [1.165, 1.54) is 16.6 Å². The summed E-state index contributed by atoms with van der Waals surface area (Å²) in [6.07, 6.45) is 0. The SMILES string of the molecule is CCn1c(SCC(=O)Nc2c(C)cccc2C)nnc1-c1csc(C)c1. The highest BCUT2D eigenvalue weighted by Gasteiger charge is 2.16. The number of anilines is 1. The van der Waals surface area contributed by atoms with Gasteiger partial charge in [0, 0.05) is 28.1 Å². The summed E-state index contributed by atoms with van der Waals surface area (Å²) in [5.41, 5.74) is 4.10. The molecule has 2 heterocycles. The Labute approximate surface area is 161 Å². The molecular weight excluding hydrogens is 364 g/mol. The highest BCUT2D eigenvalue weighted by Crippen LogP contribution is 2.27.